The van der Waals surface area contributed by atoms with Crippen molar-refractivity contribution in [3.63, 3.8) is 0 Å². The standard InChI is InChI=1S/C16H16BrNO3/c1-9-3-4-13(10(2)15(9)19)18-7-11-5-12(17)16-14(6-11)20-8-21-16/h3-6,18-19H,7-8H2,1-2H3. The van der Waals surface area contributed by atoms with Crippen LogP contribution in [-0.2, 0) is 6.54 Å². The lowest BCUT2D eigenvalue weighted by atomic mass is 10.1. The highest BCUT2D eigenvalue weighted by Crippen LogP contribution is 2.40. The first-order chi connectivity index (χ1) is 10.1. The van der Waals surface area contributed by atoms with Gasteiger partial charge in [-0.05, 0) is 59.1 Å². The number of benzene rings is 2. The summed E-state index contributed by atoms with van der Waals surface area (Å²) in [5.74, 6) is 1.85. The molecular formula is C16H16BrNO3. The van der Waals surface area contributed by atoms with E-state index in [0.29, 0.717) is 12.3 Å². The topological polar surface area (TPSA) is 50.7 Å². The normalized spacial score (nSPS) is 12.5. The summed E-state index contributed by atoms with van der Waals surface area (Å²) in [6.45, 7) is 4.69. The van der Waals surface area contributed by atoms with Crippen LogP contribution in [0, 0.1) is 13.8 Å². The van der Waals surface area contributed by atoms with Crippen molar-refractivity contribution in [3.05, 3.63) is 45.4 Å². The molecule has 2 N–H and O–H groups in total. The van der Waals surface area contributed by atoms with Crippen LogP contribution in [0.2, 0.25) is 0 Å². The van der Waals surface area contributed by atoms with Gasteiger partial charge in [0.1, 0.15) is 5.75 Å². The van der Waals surface area contributed by atoms with E-state index in [-0.39, 0.29) is 6.79 Å². The van der Waals surface area contributed by atoms with Gasteiger partial charge in [-0.25, -0.2) is 0 Å². The lowest BCUT2D eigenvalue weighted by Gasteiger charge is -2.13. The zero-order valence-corrected chi connectivity index (χ0v) is 13.5. The van der Waals surface area contributed by atoms with Crippen molar-refractivity contribution in [1.29, 1.82) is 0 Å². The Morgan fingerprint density at radius 1 is 1.24 bits per heavy atom. The van der Waals surface area contributed by atoms with Crippen LogP contribution < -0.4 is 14.8 Å². The molecule has 0 bridgehead atoms. The minimum atomic E-state index is 0.260. The van der Waals surface area contributed by atoms with E-state index in [2.05, 4.69) is 21.2 Å². The zero-order valence-electron chi connectivity index (χ0n) is 11.9. The molecule has 0 amide bonds. The predicted octanol–water partition coefficient (Wildman–Crippen LogP) is 4.11. The van der Waals surface area contributed by atoms with Crippen LogP contribution in [0.5, 0.6) is 17.2 Å². The fourth-order valence-electron chi connectivity index (χ4n) is 2.35. The maximum absolute atomic E-state index is 9.97. The quantitative estimate of drug-likeness (QED) is 0.875. The molecular weight excluding hydrogens is 334 g/mol. The number of aromatic hydroxyl groups is 1. The maximum atomic E-state index is 9.97. The zero-order chi connectivity index (χ0) is 15.0. The Morgan fingerprint density at radius 3 is 2.86 bits per heavy atom. The number of rotatable bonds is 3. The van der Waals surface area contributed by atoms with Gasteiger partial charge in [0.15, 0.2) is 11.5 Å². The van der Waals surface area contributed by atoms with E-state index >= 15 is 0 Å². The van der Waals surface area contributed by atoms with Crippen LogP contribution in [0.1, 0.15) is 16.7 Å². The number of hydrogen-bond donors (Lipinski definition) is 2. The third kappa shape index (κ3) is 2.65. The molecule has 3 rings (SSSR count). The summed E-state index contributed by atoms with van der Waals surface area (Å²) in [6, 6.07) is 7.85. The molecule has 1 heterocycles. The average molecular weight is 350 g/mol. The van der Waals surface area contributed by atoms with Crippen LogP contribution in [-0.4, -0.2) is 11.9 Å². The van der Waals surface area contributed by atoms with E-state index < -0.39 is 0 Å². The summed E-state index contributed by atoms with van der Waals surface area (Å²) >= 11 is 3.49. The van der Waals surface area contributed by atoms with Crippen molar-refractivity contribution in [3.8, 4) is 17.2 Å². The molecule has 2 aromatic rings. The summed E-state index contributed by atoms with van der Waals surface area (Å²) in [7, 11) is 0. The Bertz CT molecular complexity index is 700. The number of fused-ring (bicyclic) bond motifs is 1. The molecule has 0 saturated heterocycles. The lowest BCUT2D eigenvalue weighted by Crippen LogP contribution is -2.01. The van der Waals surface area contributed by atoms with Gasteiger partial charge in [-0.3, -0.25) is 0 Å². The Hall–Kier alpha value is -1.88. The molecule has 0 saturated carbocycles. The molecule has 0 aromatic heterocycles. The van der Waals surface area contributed by atoms with Gasteiger partial charge in [-0.15, -0.1) is 0 Å². The SMILES string of the molecule is Cc1ccc(NCc2cc(Br)c3c(c2)OCO3)c(C)c1O. The Kier molecular flexibility index (Phi) is 3.68. The second-order valence-electron chi connectivity index (χ2n) is 5.07. The Balaban J connectivity index is 1.80. The largest absolute Gasteiger partial charge is 0.507 e. The number of phenols is 1. The van der Waals surface area contributed by atoms with Crippen molar-refractivity contribution in [1.82, 2.24) is 0 Å². The van der Waals surface area contributed by atoms with E-state index in [1.54, 1.807) is 0 Å². The van der Waals surface area contributed by atoms with Gasteiger partial charge in [0.25, 0.3) is 0 Å². The number of anilines is 1. The monoisotopic (exact) mass is 349 g/mol. The number of phenolic OH excluding ortho intramolecular Hbond substituents is 1. The highest BCUT2D eigenvalue weighted by atomic mass is 79.9. The molecule has 1 aliphatic rings. The number of hydrogen-bond acceptors (Lipinski definition) is 4. The van der Waals surface area contributed by atoms with Crippen molar-refractivity contribution in [2.75, 3.05) is 12.1 Å². The lowest BCUT2D eigenvalue weighted by molar-refractivity contribution is 0.173. The van der Waals surface area contributed by atoms with Crippen LogP contribution in [0.3, 0.4) is 0 Å². The van der Waals surface area contributed by atoms with Gasteiger partial charge >= 0.3 is 0 Å². The molecule has 4 nitrogen and oxygen atoms in total. The Morgan fingerprint density at radius 2 is 2.05 bits per heavy atom. The third-order valence-electron chi connectivity index (χ3n) is 3.60. The first kappa shape index (κ1) is 14.1. The summed E-state index contributed by atoms with van der Waals surface area (Å²) in [5.41, 5.74) is 3.73. The molecule has 0 unspecified atom stereocenters. The molecule has 1 aliphatic heterocycles. The summed E-state index contributed by atoms with van der Waals surface area (Å²) in [6.07, 6.45) is 0. The molecule has 0 fully saturated rings. The molecule has 21 heavy (non-hydrogen) atoms. The van der Waals surface area contributed by atoms with Crippen LogP contribution in [0.4, 0.5) is 5.69 Å². The molecule has 0 atom stereocenters. The molecule has 5 heteroatoms. The van der Waals surface area contributed by atoms with E-state index in [4.69, 9.17) is 9.47 Å². The smallest absolute Gasteiger partial charge is 0.231 e. The number of halogens is 1. The van der Waals surface area contributed by atoms with Gasteiger partial charge in [-0.2, -0.15) is 0 Å². The Labute approximate surface area is 131 Å². The number of nitrogens with one attached hydrogen (secondary N) is 1. The van der Waals surface area contributed by atoms with Gasteiger partial charge in [0.2, 0.25) is 6.79 Å². The highest BCUT2D eigenvalue weighted by molar-refractivity contribution is 9.10. The number of aryl methyl sites for hydroxylation is 1. The summed E-state index contributed by atoms with van der Waals surface area (Å²) < 4.78 is 11.7. The van der Waals surface area contributed by atoms with Gasteiger partial charge < -0.3 is 19.9 Å². The van der Waals surface area contributed by atoms with Crippen molar-refractivity contribution in [2.45, 2.75) is 20.4 Å². The van der Waals surface area contributed by atoms with Crippen LogP contribution >= 0.6 is 15.9 Å². The minimum Gasteiger partial charge on any atom is -0.507 e. The second-order valence-corrected chi connectivity index (χ2v) is 5.92. The fraction of sp³-hybridized carbons (Fsp3) is 0.250. The van der Waals surface area contributed by atoms with Crippen molar-refractivity contribution in [2.24, 2.45) is 0 Å². The first-order valence-corrected chi connectivity index (χ1v) is 7.46. The van der Waals surface area contributed by atoms with Gasteiger partial charge in [0, 0.05) is 17.8 Å². The summed E-state index contributed by atoms with van der Waals surface area (Å²) in [4.78, 5) is 0. The molecule has 110 valence electrons. The molecule has 0 radical (unpaired) electrons. The van der Waals surface area contributed by atoms with Crippen molar-refractivity contribution < 1.29 is 14.6 Å². The molecule has 0 aliphatic carbocycles. The first-order valence-electron chi connectivity index (χ1n) is 6.67. The van der Waals surface area contributed by atoms with E-state index in [9.17, 15) is 5.11 Å². The van der Waals surface area contributed by atoms with E-state index in [1.807, 2.05) is 38.1 Å². The fourth-order valence-corrected chi connectivity index (χ4v) is 2.95. The number of ether oxygens (including phenoxy) is 2. The van der Waals surface area contributed by atoms with E-state index in [1.165, 1.54) is 0 Å². The van der Waals surface area contributed by atoms with E-state index in [0.717, 1.165) is 38.3 Å². The summed E-state index contributed by atoms with van der Waals surface area (Å²) in [5, 5.41) is 13.3. The maximum Gasteiger partial charge on any atom is 0.231 e. The highest BCUT2D eigenvalue weighted by Gasteiger charge is 2.18. The molecule has 2 aromatic carbocycles. The van der Waals surface area contributed by atoms with Gasteiger partial charge in [0.05, 0.1) is 4.47 Å². The predicted molar refractivity (Wildman–Crippen MR) is 85.2 cm³/mol. The average Bonchev–Trinajstić information content (AvgIpc) is 2.93. The van der Waals surface area contributed by atoms with Crippen molar-refractivity contribution >= 4 is 21.6 Å². The third-order valence-corrected chi connectivity index (χ3v) is 4.19. The van der Waals surface area contributed by atoms with Crippen LogP contribution in [0.15, 0.2) is 28.7 Å². The van der Waals surface area contributed by atoms with Gasteiger partial charge in [-0.1, -0.05) is 6.07 Å². The molecule has 0 spiro atoms. The van der Waals surface area contributed by atoms with Crippen LogP contribution in [0.25, 0.3) is 0 Å². The second kappa shape index (κ2) is 5.48. The minimum absolute atomic E-state index is 0.260.